The third kappa shape index (κ3) is 4.48. The predicted molar refractivity (Wildman–Crippen MR) is 46.2 cm³/mol. The second-order valence-electron chi connectivity index (χ2n) is 3.30. The van der Waals surface area contributed by atoms with Gasteiger partial charge in [-0.15, -0.1) is 0 Å². The molecule has 0 amide bonds. The lowest BCUT2D eigenvalue weighted by Gasteiger charge is -2.19. The Morgan fingerprint density at radius 3 is 2.40 bits per heavy atom. The van der Waals surface area contributed by atoms with E-state index in [1.807, 2.05) is 0 Å². The van der Waals surface area contributed by atoms with Crippen LogP contribution in [0.4, 0.5) is 17.6 Å². The molecule has 0 aromatic carbocycles. The molecule has 0 radical (unpaired) electrons. The van der Waals surface area contributed by atoms with Crippen LogP contribution in [0, 0.1) is 5.92 Å². The lowest BCUT2D eigenvalue weighted by atomic mass is 10.1. The smallest absolute Gasteiger partial charge is 0.314 e. The summed E-state index contributed by atoms with van der Waals surface area (Å²) in [6.45, 7) is -0.0265. The lowest BCUT2D eigenvalue weighted by molar-refractivity contribution is -0.168. The van der Waals surface area contributed by atoms with E-state index in [1.54, 1.807) is 6.92 Å². The minimum Gasteiger partial charge on any atom is -0.459 e. The van der Waals surface area contributed by atoms with Crippen molar-refractivity contribution in [2.75, 3.05) is 13.3 Å². The fourth-order valence-electron chi connectivity index (χ4n) is 0.680. The molecule has 0 heterocycles. The highest BCUT2D eigenvalue weighted by atomic mass is 19.3. The molecule has 2 unspecified atom stereocenters. The van der Waals surface area contributed by atoms with Crippen LogP contribution in [0.5, 0.6) is 0 Å². The zero-order valence-electron chi connectivity index (χ0n) is 8.60. The van der Waals surface area contributed by atoms with E-state index in [0.29, 0.717) is 6.42 Å². The maximum Gasteiger partial charge on any atom is 0.314 e. The van der Waals surface area contributed by atoms with E-state index in [2.05, 4.69) is 4.74 Å². The van der Waals surface area contributed by atoms with Crippen molar-refractivity contribution in [2.24, 2.45) is 5.92 Å². The summed E-state index contributed by atoms with van der Waals surface area (Å²) in [5.41, 5.74) is 0. The fraction of sp³-hybridized carbons (Fsp3) is 0.889. The lowest BCUT2D eigenvalue weighted by Crippen LogP contribution is -2.38. The van der Waals surface area contributed by atoms with E-state index in [1.165, 1.54) is 6.92 Å². The molecule has 0 N–H and O–H groups in total. The zero-order valence-corrected chi connectivity index (χ0v) is 8.60. The molecule has 0 spiro atoms. The quantitative estimate of drug-likeness (QED) is 0.517. The average Bonchev–Trinajstić information content (AvgIpc) is 2.23. The highest BCUT2D eigenvalue weighted by molar-refractivity contribution is 5.71. The van der Waals surface area contributed by atoms with E-state index >= 15 is 0 Å². The number of carbonyl (C=O) groups is 1. The summed E-state index contributed by atoms with van der Waals surface area (Å²) < 4.78 is 53.5. The summed E-state index contributed by atoms with van der Waals surface area (Å²) in [6.07, 6.45) is -2.49. The van der Waals surface area contributed by atoms with Gasteiger partial charge in [0.1, 0.15) is 6.67 Å². The van der Waals surface area contributed by atoms with Crippen LogP contribution in [-0.4, -0.2) is 31.3 Å². The molecule has 90 valence electrons. The average molecular weight is 230 g/mol. The topological polar surface area (TPSA) is 26.3 Å². The van der Waals surface area contributed by atoms with Gasteiger partial charge in [0.25, 0.3) is 0 Å². The second kappa shape index (κ2) is 5.92. The first-order valence-corrected chi connectivity index (χ1v) is 4.59. The van der Waals surface area contributed by atoms with Crippen molar-refractivity contribution in [3.8, 4) is 0 Å². The van der Waals surface area contributed by atoms with E-state index in [0.717, 1.165) is 0 Å². The van der Waals surface area contributed by atoms with Crippen molar-refractivity contribution in [2.45, 2.75) is 32.4 Å². The maximum atomic E-state index is 12.7. The first-order chi connectivity index (χ1) is 6.85. The number of hydrogen-bond donors (Lipinski definition) is 0. The monoisotopic (exact) mass is 230 g/mol. The van der Waals surface area contributed by atoms with Crippen LogP contribution in [0.25, 0.3) is 0 Å². The molecular weight excluding hydrogens is 216 g/mol. The molecule has 0 rings (SSSR count). The Kier molecular flexibility index (Phi) is 5.60. The Hall–Kier alpha value is -0.810. The van der Waals surface area contributed by atoms with Crippen LogP contribution in [0.1, 0.15) is 20.3 Å². The number of halogens is 4. The Bertz CT molecular complexity index is 208. The van der Waals surface area contributed by atoms with E-state index in [4.69, 9.17) is 0 Å². The van der Waals surface area contributed by atoms with Gasteiger partial charge in [-0.3, -0.25) is 4.79 Å². The molecule has 0 aromatic rings. The molecule has 2 nitrogen and oxygen atoms in total. The van der Waals surface area contributed by atoms with Crippen molar-refractivity contribution in [1.82, 2.24) is 0 Å². The summed E-state index contributed by atoms with van der Waals surface area (Å²) in [5.74, 6) is -5.31. The molecule has 0 bridgehead atoms. The summed E-state index contributed by atoms with van der Waals surface area (Å²) in [5, 5.41) is 0. The summed E-state index contributed by atoms with van der Waals surface area (Å²) >= 11 is 0. The molecule has 0 fully saturated rings. The van der Waals surface area contributed by atoms with Crippen molar-refractivity contribution < 1.29 is 27.1 Å². The van der Waals surface area contributed by atoms with Crippen LogP contribution in [0.2, 0.25) is 0 Å². The highest BCUT2D eigenvalue weighted by Gasteiger charge is 2.42. The van der Waals surface area contributed by atoms with Crippen molar-refractivity contribution >= 4 is 5.97 Å². The summed E-state index contributed by atoms with van der Waals surface area (Å²) in [6, 6.07) is 0. The molecule has 0 saturated heterocycles. The Labute approximate surface area is 85.6 Å². The largest absolute Gasteiger partial charge is 0.459 e. The predicted octanol–water partition coefficient (Wildman–Crippen LogP) is 2.52. The van der Waals surface area contributed by atoms with Gasteiger partial charge in [0.15, 0.2) is 12.8 Å². The van der Waals surface area contributed by atoms with Gasteiger partial charge >= 0.3 is 11.9 Å². The van der Waals surface area contributed by atoms with Crippen LogP contribution in [0.3, 0.4) is 0 Å². The maximum absolute atomic E-state index is 12.7. The SMILES string of the molecule is CCC(C)C(=O)OCC(F)(F)C(F)CF. The zero-order chi connectivity index (χ0) is 12.1. The molecule has 2 atom stereocenters. The Balaban J connectivity index is 4.09. The minimum atomic E-state index is -3.96. The fourth-order valence-corrected chi connectivity index (χ4v) is 0.680. The van der Waals surface area contributed by atoms with Crippen LogP contribution >= 0.6 is 0 Å². The molecule has 6 heteroatoms. The van der Waals surface area contributed by atoms with Gasteiger partial charge in [-0.05, 0) is 6.42 Å². The molecule has 0 aromatic heterocycles. The van der Waals surface area contributed by atoms with Gasteiger partial charge < -0.3 is 4.74 Å². The number of carbonyl (C=O) groups excluding carboxylic acids is 1. The van der Waals surface area contributed by atoms with Crippen LogP contribution in [0.15, 0.2) is 0 Å². The number of esters is 1. The molecular formula is C9H14F4O2. The van der Waals surface area contributed by atoms with E-state index in [9.17, 15) is 22.4 Å². The van der Waals surface area contributed by atoms with Crippen molar-refractivity contribution in [3.05, 3.63) is 0 Å². The number of alkyl halides is 4. The number of ether oxygens (including phenoxy) is 1. The van der Waals surface area contributed by atoms with Gasteiger partial charge in [0.05, 0.1) is 5.92 Å². The summed E-state index contributed by atoms with van der Waals surface area (Å²) in [7, 11) is 0. The Morgan fingerprint density at radius 2 is 2.00 bits per heavy atom. The van der Waals surface area contributed by atoms with Crippen molar-refractivity contribution in [1.29, 1.82) is 0 Å². The number of rotatable bonds is 6. The van der Waals surface area contributed by atoms with E-state index < -0.39 is 37.3 Å². The third-order valence-electron chi connectivity index (χ3n) is 2.02. The standard InChI is InChI=1S/C9H14F4O2/c1-3-6(2)8(14)15-5-9(12,13)7(11)4-10/h6-7H,3-5H2,1-2H3. The third-order valence-corrected chi connectivity index (χ3v) is 2.02. The number of hydrogen-bond acceptors (Lipinski definition) is 2. The van der Waals surface area contributed by atoms with Crippen molar-refractivity contribution in [3.63, 3.8) is 0 Å². The first kappa shape index (κ1) is 14.2. The van der Waals surface area contributed by atoms with Gasteiger partial charge in [-0.2, -0.15) is 8.78 Å². The van der Waals surface area contributed by atoms with Crippen LogP contribution in [-0.2, 0) is 9.53 Å². The molecule has 0 aliphatic rings. The molecule has 15 heavy (non-hydrogen) atoms. The highest BCUT2D eigenvalue weighted by Crippen LogP contribution is 2.23. The van der Waals surface area contributed by atoms with E-state index in [-0.39, 0.29) is 0 Å². The second-order valence-corrected chi connectivity index (χ2v) is 3.30. The first-order valence-electron chi connectivity index (χ1n) is 4.59. The van der Waals surface area contributed by atoms with Crippen LogP contribution < -0.4 is 0 Å². The Morgan fingerprint density at radius 1 is 1.47 bits per heavy atom. The van der Waals surface area contributed by atoms with Gasteiger partial charge in [0.2, 0.25) is 0 Å². The summed E-state index contributed by atoms with van der Waals surface area (Å²) in [4.78, 5) is 11.0. The molecule has 0 saturated carbocycles. The van der Waals surface area contributed by atoms with Gasteiger partial charge in [0, 0.05) is 0 Å². The minimum absolute atomic E-state index is 0.437. The van der Waals surface area contributed by atoms with Gasteiger partial charge in [-0.25, -0.2) is 8.78 Å². The normalized spacial score (nSPS) is 15.9. The molecule has 0 aliphatic heterocycles. The molecule has 0 aliphatic carbocycles. The van der Waals surface area contributed by atoms with Gasteiger partial charge in [-0.1, -0.05) is 13.8 Å².